The lowest BCUT2D eigenvalue weighted by Gasteiger charge is -2.25. The first kappa shape index (κ1) is 14.1. The number of nitrogens with one attached hydrogen (secondary N) is 1. The summed E-state index contributed by atoms with van der Waals surface area (Å²) in [5.41, 5.74) is 4.07. The smallest absolute Gasteiger partial charge is 0.0539 e. The maximum Gasteiger partial charge on any atom is 0.0539 e. The number of aromatic nitrogens is 2. The summed E-state index contributed by atoms with van der Waals surface area (Å²) in [4.78, 5) is 2.49. The molecule has 1 atom stereocenters. The quantitative estimate of drug-likeness (QED) is 0.937. The number of hydrogen-bond donors (Lipinski definition) is 1. The highest BCUT2D eigenvalue weighted by Gasteiger charge is 2.22. The summed E-state index contributed by atoms with van der Waals surface area (Å²) in [6.45, 7) is 5.24. The lowest BCUT2D eigenvalue weighted by molar-refractivity contribution is 0.510. The van der Waals surface area contributed by atoms with E-state index < -0.39 is 0 Å². The molecule has 4 nitrogen and oxygen atoms in total. The molecule has 1 aromatic carbocycles. The highest BCUT2D eigenvalue weighted by Crippen LogP contribution is 2.33. The van der Waals surface area contributed by atoms with Crippen molar-refractivity contribution in [1.29, 1.82) is 0 Å². The molecule has 2 heterocycles. The van der Waals surface area contributed by atoms with Gasteiger partial charge in [-0.3, -0.25) is 4.68 Å². The Morgan fingerprint density at radius 1 is 1.33 bits per heavy atom. The van der Waals surface area contributed by atoms with Crippen molar-refractivity contribution in [3.63, 3.8) is 0 Å². The number of nitrogens with zero attached hydrogens (tertiary/aromatic N) is 3. The van der Waals surface area contributed by atoms with Gasteiger partial charge in [0.15, 0.2) is 0 Å². The van der Waals surface area contributed by atoms with Crippen LogP contribution in [0.15, 0.2) is 36.7 Å². The van der Waals surface area contributed by atoms with E-state index in [9.17, 15) is 0 Å². The van der Waals surface area contributed by atoms with Gasteiger partial charge in [0, 0.05) is 43.6 Å². The van der Waals surface area contributed by atoms with Crippen LogP contribution in [0.25, 0.3) is 0 Å². The topological polar surface area (TPSA) is 33.1 Å². The van der Waals surface area contributed by atoms with Crippen molar-refractivity contribution < 1.29 is 0 Å². The Labute approximate surface area is 126 Å². The molecule has 1 aliphatic heterocycles. The monoisotopic (exact) mass is 284 g/mol. The molecule has 1 aliphatic rings. The van der Waals surface area contributed by atoms with Crippen LogP contribution in [0, 0.1) is 0 Å². The van der Waals surface area contributed by atoms with Crippen LogP contribution in [0.3, 0.4) is 0 Å². The van der Waals surface area contributed by atoms with Crippen LogP contribution in [0.5, 0.6) is 0 Å². The Bertz CT molecular complexity index is 590. The number of benzene rings is 1. The van der Waals surface area contributed by atoms with Crippen molar-refractivity contribution in [3.05, 3.63) is 47.8 Å². The molecule has 112 valence electrons. The van der Waals surface area contributed by atoms with Crippen LogP contribution in [0.4, 0.5) is 5.69 Å². The zero-order valence-electron chi connectivity index (χ0n) is 12.9. The van der Waals surface area contributed by atoms with Gasteiger partial charge < -0.3 is 10.2 Å². The fourth-order valence-corrected chi connectivity index (χ4v) is 3.23. The second-order valence-electron chi connectivity index (χ2n) is 5.76. The number of rotatable bonds is 4. The van der Waals surface area contributed by atoms with Crippen LogP contribution < -0.4 is 10.2 Å². The SMILES string of the molecule is CCNC1CCCN(Cc2cnn(C)c2)c2ccccc21. The van der Waals surface area contributed by atoms with Crippen molar-refractivity contribution in [2.45, 2.75) is 32.4 Å². The highest BCUT2D eigenvalue weighted by atomic mass is 15.2. The van der Waals surface area contributed by atoms with E-state index >= 15 is 0 Å². The molecule has 21 heavy (non-hydrogen) atoms. The molecule has 0 radical (unpaired) electrons. The lowest BCUT2D eigenvalue weighted by atomic mass is 10.0. The first-order valence-electron chi connectivity index (χ1n) is 7.82. The number of aryl methyl sites for hydroxylation is 1. The molecule has 0 spiro atoms. The molecule has 1 aromatic heterocycles. The third kappa shape index (κ3) is 3.10. The molecule has 0 amide bonds. The minimum absolute atomic E-state index is 0.477. The molecule has 0 fully saturated rings. The van der Waals surface area contributed by atoms with Gasteiger partial charge in [-0.05, 0) is 31.0 Å². The second-order valence-corrected chi connectivity index (χ2v) is 5.76. The molecule has 0 bridgehead atoms. The van der Waals surface area contributed by atoms with E-state index in [1.165, 1.54) is 29.7 Å². The van der Waals surface area contributed by atoms with Crippen LogP contribution in [-0.2, 0) is 13.6 Å². The average Bonchev–Trinajstić information content (AvgIpc) is 2.82. The van der Waals surface area contributed by atoms with Gasteiger partial charge in [0.2, 0.25) is 0 Å². The van der Waals surface area contributed by atoms with E-state index in [1.54, 1.807) is 0 Å². The predicted octanol–water partition coefficient (Wildman–Crippen LogP) is 2.87. The van der Waals surface area contributed by atoms with Gasteiger partial charge in [0.25, 0.3) is 0 Å². The Morgan fingerprint density at radius 2 is 2.19 bits per heavy atom. The second kappa shape index (κ2) is 6.31. The van der Waals surface area contributed by atoms with Gasteiger partial charge >= 0.3 is 0 Å². The zero-order chi connectivity index (χ0) is 14.7. The molecule has 1 N–H and O–H groups in total. The number of anilines is 1. The van der Waals surface area contributed by atoms with Crippen molar-refractivity contribution in [1.82, 2.24) is 15.1 Å². The Hall–Kier alpha value is -1.81. The van der Waals surface area contributed by atoms with Crippen molar-refractivity contribution >= 4 is 5.69 Å². The van der Waals surface area contributed by atoms with Crippen LogP contribution in [-0.4, -0.2) is 22.9 Å². The molecule has 0 aliphatic carbocycles. The largest absolute Gasteiger partial charge is 0.367 e. The van der Waals surface area contributed by atoms with Gasteiger partial charge in [0.1, 0.15) is 0 Å². The van der Waals surface area contributed by atoms with Crippen LogP contribution in [0.2, 0.25) is 0 Å². The van der Waals surface area contributed by atoms with E-state index in [1.807, 2.05) is 17.9 Å². The highest BCUT2D eigenvalue weighted by molar-refractivity contribution is 5.56. The molecular formula is C17H24N4. The van der Waals surface area contributed by atoms with Gasteiger partial charge in [-0.2, -0.15) is 5.10 Å². The zero-order valence-corrected chi connectivity index (χ0v) is 12.9. The molecule has 3 rings (SSSR count). The summed E-state index contributed by atoms with van der Waals surface area (Å²) in [6, 6.07) is 9.29. The Morgan fingerprint density at radius 3 is 2.95 bits per heavy atom. The van der Waals surface area contributed by atoms with Gasteiger partial charge in [-0.25, -0.2) is 0 Å². The summed E-state index contributed by atoms with van der Waals surface area (Å²) < 4.78 is 1.88. The molecule has 0 saturated heterocycles. The third-order valence-corrected chi connectivity index (χ3v) is 4.16. The van der Waals surface area contributed by atoms with Gasteiger partial charge in [-0.15, -0.1) is 0 Å². The van der Waals surface area contributed by atoms with Gasteiger partial charge in [0.05, 0.1) is 6.20 Å². The first-order valence-corrected chi connectivity index (χ1v) is 7.82. The molecule has 0 saturated carbocycles. The molecule has 1 unspecified atom stereocenters. The Kier molecular flexibility index (Phi) is 4.25. The fourth-order valence-electron chi connectivity index (χ4n) is 3.23. The summed E-state index contributed by atoms with van der Waals surface area (Å²) in [5.74, 6) is 0. The maximum absolute atomic E-state index is 4.28. The minimum Gasteiger partial charge on any atom is -0.367 e. The van der Waals surface area contributed by atoms with Crippen LogP contribution in [0.1, 0.15) is 36.9 Å². The summed E-state index contributed by atoms with van der Waals surface area (Å²) in [5, 5.41) is 7.91. The molecule has 4 heteroatoms. The van der Waals surface area contributed by atoms with Crippen molar-refractivity contribution in [3.8, 4) is 0 Å². The van der Waals surface area contributed by atoms with Crippen LogP contribution >= 0.6 is 0 Å². The summed E-state index contributed by atoms with van der Waals surface area (Å²) in [7, 11) is 1.97. The first-order chi connectivity index (χ1) is 10.3. The van der Waals surface area contributed by atoms with E-state index in [0.717, 1.165) is 19.6 Å². The normalized spacial score (nSPS) is 18.4. The standard InChI is InChI=1S/C17H24N4/c1-3-18-16-8-6-10-21(13-14-11-19-20(2)12-14)17-9-5-4-7-15(16)17/h4-5,7,9,11-12,16,18H,3,6,8,10,13H2,1-2H3. The predicted molar refractivity (Wildman–Crippen MR) is 86.4 cm³/mol. The van der Waals surface area contributed by atoms with Gasteiger partial charge in [-0.1, -0.05) is 25.1 Å². The fraction of sp³-hybridized carbons (Fsp3) is 0.471. The lowest BCUT2D eigenvalue weighted by Crippen LogP contribution is -2.24. The average molecular weight is 284 g/mol. The third-order valence-electron chi connectivity index (χ3n) is 4.16. The molecule has 2 aromatic rings. The number of hydrogen-bond acceptors (Lipinski definition) is 3. The molecular weight excluding hydrogens is 260 g/mol. The summed E-state index contributed by atoms with van der Waals surface area (Å²) in [6.07, 6.45) is 6.49. The minimum atomic E-state index is 0.477. The van der Waals surface area contributed by atoms with E-state index in [4.69, 9.17) is 0 Å². The van der Waals surface area contributed by atoms with E-state index in [0.29, 0.717) is 6.04 Å². The summed E-state index contributed by atoms with van der Waals surface area (Å²) >= 11 is 0. The van der Waals surface area contributed by atoms with E-state index in [-0.39, 0.29) is 0 Å². The Balaban J connectivity index is 1.88. The number of para-hydroxylation sites is 1. The van der Waals surface area contributed by atoms with Crippen molar-refractivity contribution in [2.75, 3.05) is 18.0 Å². The van der Waals surface area contributed by atoms with E-state index in [2.05, 4.69) is 52.7 Å². The number of fused-ring (bicyclic) bond motifs is 1. The van der Waals surface area contributed by atoms with Crippen molar-refractivity contribution in [2.24, 2.45) is 7.05 Å². The maximum atomic E-state index is 4.28.